The van der Waals surface area contributed by atoms with E-state index < -0.39 is 28.4 Å². The summed E-state index contributed by atoms with van der Waals surface area (Å²) in [6.07, 6.45) is -2.75. The van der Waals surface area contributed by atoms with Gasteiger partial charge in [-0.25, -0.2) is 12.8 Å². The summed E-state index contributed by atoms with van der Waals surface area (Å²) in [5, 5.41) is 0. The van der Waals surface area contributed by atoms with E-state index in [1.807, 2.05) is 0 Å². The van der Waals surface area contributed by atoms with Crippen LogP contribution in [-0.2, 0) is 10.0 Å². The van der Waals surface area contributed by atoms with E-state index in [2.05, 4.69) is 4.40 Å². The molecular formula is C7H8F3NO2S3. The van der Waals surface area contributed by atoms with Gasteiger partial charge in [0.05, 0.1) is 5.75 Å². The van der Waals surface area contributed by atoms with Crippen LogP contribution in [0.1, 0.15) is 6.42 Å². The number of hydrogen-bond acceptors (Lipinski definition) is 4. The lowest BCUT2D eigenvalue weighted by Crippen LogP contribution is -2.13. The van der Waals surface area contributed by atoms with Crippen LogP contribution in [0.25, 0.3) is 0 Å². The highest BCUT2D eigenvalue weighted by atomic mass is 32.2. The zero-order valence-corrected chi connectivity index (χ0v) is 10.4. The third-order valence-electron chi connectivity index (χ3n) is 1.53. The molecule has 92 valence electrons. The molecule has 9 heteroatoms. The second kappa shape index (κ2) is 5.97. The molecule has 0 saturated carbocycles. The molecule has 0 atom stereocenters. The first-order valence-corrected chi connectivity index (χ1v) is 7.76. The molecule has 0 radical (unpaired) electrons. The highest BCUT2D eigenvalue weighted by Gasteiger charge is 2.18. The number of allylic oxidation sites excluding steroid dienone is 1. The quantitative estimate of drug-likeness (QED) is 0.802. The largest absolute Gasteiger partial charge is 0.301 e. The predicted octanol–water partition coefficient (Wildman–Crippen LogP) is 2.62. The Kier molecular flexibility index (Phi) is 5.19. The standard InChI is InChI=1S/C7H8F3NO2S3/c8-5(6(9)10)1-2-14-7-11-16(12,13)4-3-15-7/h1-4H2. The van der Waals surface area contributed by atoms with E-state index in [0.29, 0.717) is 10.1 Å². The first-order chi connectivity index (χ1) is 7.41. The number of rotatable bonds is 3. The molecule has 0 aromatic heterocycles. The normalized spacial score (nSPS) is 19.1. The van der Waals surface area contributed by atoms with Gasteiger partial charge in [0.1, 0.15) is 4.38 Å². The molecule has 0 spiro atoms. The number of thioether (sulfide) groups is 2. The molecular weight excluding hydrogens is 283 g/mol. The van der Waals surface area contributed by atoms with Gasteiger partial charge in [0.25, 0.3) is 10.0 Å². The summed E-state index contributed by atoms with van der Waals surface area (Å²) in [5.74, 6) is -1.04. The number of hydrogen-bond donors (Lipinski definition) is 0. The average molecular weight is 291 g/mol. The lowest BCUT2D eigenvalue weighted by molar-refractivity contribution is 0.373. The van der Waals surface area contributed by atoms with Crippen LogP contribution in [0.15, 0.2) is 16.3 Å². The maximum atomic E-state index is 12.4. The van der Waals surface area contributed by atoms with Crippen molar-refractivity contribution < 1.29 is 21.6 Å². The summed E-state index contributed by atoms with van der Waals surface area (Å²) in [6.45, 7) is 0. The Bertz CT molecular complexity index is 415. The van der Waals surface area contributed by atoms with E-state index in [9.17, 15) is 21.6 Å². The van der Waals surface area contributed by atoms with Gasteiger partial charge < -0.3 is 0 Å². The number of nitrogens with zero attached hydrogens (tertiary/aromatic N) is 1. The molecule has 0 unspecified atom stereocenters. The van der Waals surface area contributed by atoms with Gasteiger partial charge in [-0.2, -0.15) is 8.78 Å². The van der Waals surface area contributed by atoms with Gasteiger partial charge >= 0.3 is 6.08 Å². The number of halogens is 3. The minimum Gasteiger partial charge on any atom is -0.206 e. The number of sulfonamides is 1. The van der Waals surface area contributed by atoms with E-state index in [1.54, 1.807) is 0 Å². The molecule has 0 saturated heterocycles. The van der Waals surface area contributed by atoms with Crippen molar-refractivity contribution in [2.45, 2.75) is 6.42 Å². The van der Waals surface area contributed by atoms with E-state index >= 15 is 0 Å². The molecule has 1 aliphatic rings. The molecule has 1 aliphatic heterocycles. The predicted molar refractivity (Wildman–Crippen MR) is 61.1 cm³/mol. The lowest BCUT2D eigenvalue weighted by atomic mass is 10.4. The zero-order valence-electron chi connectivity index (χ0n) is 7.95. The van der Waals surface area contributed by atoms with Gasteiger partial charge in [0, 0.05) is 17.9 Å². The van der Waals surface area contributed by atoms with Crippen molar-refractivity contribution in [2.75, 3.05) is 17.3 Å². The summed E-state index contributed by atoms with van der Waals surface area (Å²) in [7, 11) is -3.41. The van der Waals surface area contributed by atoms with Gasteiger partial charge in [-0.15, -0.1) is 4.40 Å². The van der Waals surface area contributed by atoms with Crippen molar-refractivity contribution in [1.82, 2.24) is 0 Å². The zero-order chi connectivity index (χ0) is 12.2. The molecule has 0 aliphatic carbocycles. The summed E-state index contributed by atoms with van der Waals surface area (Å²) >= 11 is 2.21. The van der Waals surface area contributed by atoms with Crippen LogP contribution in [0, 0.1) is 0 Å². The molecule has 0 bridgehead atoms. The van der Waals surface area contributed by atoms with E-state index in [-0.39, 0.29) is 11.5 Å². The molecule has 1 heterocycles. The van der Waals surface area contributed by atoms with Crippen molar-refractivity contribution in [3.63, 3.8) is 0 Å². The molecule has 0 aromatic rings. The van der Waals surface area contributed by atoms with Crippen LogP contribution >= 0.6 is 23.5 Å². The Balaban J connectivity index is 2.45. The Hall–Kier alpha value is -0.150. The van der Waals surface area contributed by atoms with E-state index in [4.69, 9.17) is 0 Å². The Morgan fingerprint density at radius 3 is 2.69 bits per heavy atom. The first kappa shape index (κ1) is 13.9. The van der Waals surface area contributed by atoms with E-state index in [0.717, 1.165) is 11.8 Å². The average Bonchev–Trinajstić information content (AvgIpc) is 2.15. The van der Waals surface area contributed by atoms with Crippen molar-refractivity contribution in [2.24, 2.45) is 4.40 Å². The third kappa shape index (κ3) is 4.79. The molecule has 0 N–H and O–H groups in total. The van der Waals surface area contributed by atoms with E-state index in [1.165, 1.54) is 11.8 Å². The van der Waals surface area contributed by atoms with Gasteiger partial charge in [0.2, 0.25) is 0 Å². The van der Waals surface area contributed by atoms with Gasteiger partial charge in [-0.05, 0) is 0 Å². The monoisotopic (exact) mass is 291 g/mol. The van der Waals surface area contributed by atoms with Crippen molar-refractivity contribution >= 4 is 37.9 Å². The minimum atomic E-state index is -3.41. The van der Waals surface area contributed by atoms with Crippen LogP contribution < -0.4 is 0 Å². The smallest absolute Gasteiger partial charge is 0.206 e. The van der Waals surface area contributed by atoms with Crippen LogP contribution in [0.3, 0.4) is 0 Å². The molecule has 0 amide bonds. The fourth-order valence-corrected chi connectivity index (χ4v) is 4.87. The van der Waals surface area contributed by atoms with Crippen molar-refractivity contribution in [3.05, 3.63) is 11.9 Å². The Morgan fingerprint density at radius 2 is 2.12 bits per heavy atom. The SMILES string of the molecule is O=S1(=O)CCSC(SCCC(F)=C(F)F)=N1. The highest BCUT2D eigenvalue weighted by molar-refractivity contribution is 8.39. The third-order valence-corrected chi connectivity index (χ3v) is 5.40. The second-order valence-corrected chi connectivity index (χ2v) is 6.94. The molecule has 3 nitrogen and oxygen atoms in total. The van der Waals surface area contributed by atoms with Gasteiger partial charge in [-0.3, -0.25) is 0 Å². The summed E-state index contributed by atoms with van der Waals surface area (Å²) in [6, 6.07) is 0. The summed E-state index contributed by atoms with van der Waals surface area (Å²) in [5.41, 5.74) is 0. The van der Waals surface area contributed by atoms with Gasteiger partial charge in [-0.1, -0.05) is 23.5 Å². The van der Waals surface area contributed by atoms with Crippen molar-refractivity contribution in [1.29, 1.82) is 0 Å². The Morgan fingerprint density at radius 1 is 1.44 bits per heavy atom. The minimum absolute atomic E-state index is 0.0188. The van der Waals surface area contributed by atoms with Crippen LogP contribution in [0.5, 0.6) is 0 Å². The van der Waals surface area contributed by atoms with Crippen LogP contribution in [-0.4, -0.2) is 30.1 Å². The highest BCUT2D eigenvalue weighted by Crippen LogP contribution is 2.25. The molecule has 0 fully saturated rings. The fourth-order valence-electron chi connectivity index (χ4n) is 0.810. The lowest BCUT2D eigenvalue weighted by Gasteiger charge is -2.09. The van der Waals surface area contributed by atoms with Crippen LogP contribution in [0.4, 0.5) is 13.2 Å². The molecule has 0 aromatic carbocycles. The Labute approximate surface area is 99.6 Å². The maximum absolute atomic E-state index is 12.4. The topological polar surface area (TPSA) is 46.5 Å². The molecule has 1 rings (SSSR count). The first-order valence-electron chi connectivity index (χ1n) is 4.18. The van der Waals surface area contributed by atoms with Gasteiger partial charge in [0.15, 0.2) is 5.83 Å². The summed E-state index contributed by atoms with van der Waals surface area (Å²) < 4.78 is 61.6. The summed E-state index contributed by atoms with van der Waals surface area (Å²) in [4.78, 5) is 0. The molecule has 16 heavy (non-hydrogen) atoms. The van der Waals surface area contributed by atoms with Crippen molar-refractivity contribution in [3.8, 4) is 0 Å². The maximum Gasteiger partial charge on any atom is 0.301 e. The van der Waals surface area contributed by atoms with Crippen LogP contribution in [0.2, 0.25) is 0 Å². The second-order valence-electron chi connectivity index (χ2n) is 2.76. The fraction of sp³-hybridized carbons (Fsp3) is 0.571.